The molecule has 4 amide bonds. The maximum atomic E-state index is 13.7. The number of nitrogens with zero attached hydrogens (tertiary/aromatic N) is 5. The Morgan fingerprint density at radius 3 is 2.27 bits per heavy atom. The highest BCUT2D eigenvalue weighted by Gasteiger charge is 2.35. The summed E-state index contributed by atoms with van der Waals surface area (Å²) in [4.78, 5) is 87.0. The van der Waals surface area contributed by atoms with E-state index >= 15 is 0 Å². The van der Waals surface area contributed by atoms with E-state index in [2.05, 4.69) is 38.8 Å². The number of piperazine rings is 1. The molecule has 5 heterocycles. The zero-order chi connectivity index (χ0) is 45.0. The topological polar surface area (TPSA) is 196 Å². The molecule has 18 heteroatoms. The fraction of sp³-hybridized carbons (Fsp3) is 0.609. The molecule has 7 rings (SSSR count). The lowest BCUT2D eigenvalue weighted by Gasteiger charge is -2.38. The SMILES string of the molecule is C.CCOC(=O)OC(C)OC(=O)CCN1CCN(C)CC1.Cc1cc(C[C@@H](OC(=O)N2CCC(N3CCc4ccccc4NC3=O)CC2)C(=O)N2CCC(C)CC2)cc2oc(=O)[nH]c12. The van der Waals surface area contributed by atoms with Gasteiger partial charge in [0, 0.05) is 90.5 Å². The molecule has 0 saturated carbocycles. The number of para-hydroxylation sites is 1. The number of ether oxygens (including phenoxy) is 4. The summed E-state index contributed by atoms with van der Waals surface area (Å²) in [7, 11) is 2.08. The minimum atomic E-state index is -1.00. The van der Waals surface area contributed by atoms with E-state index in [1.54, 1.807) is 22.8 Å². The predicted molar refractivity (Wildman–Crippen MR) is 240 cm³/mol. The van der Waals surface area contributed by atoms with Crippen LogP contribution in [-0.2, 0) is 41.4 Å². The third kappa shape index (κ3) is 13.7. The van der Waals surface area contributed by atoms with Crippen LogP contribution >= 0.6 is 0 Å². The van der Waals surface area contributed by atoms with Gasteiger partial charge in [-0.2, -0.15) is 0 Å². The van der Waals surface area contributed by atoms with Gasteiger partial charge in [-0.3, -0.25) is 14.6 Å². The molecule has 352 valence electrons. The largest absolute Gasteiger partial charge is 0.511 e. The smallest absolute Gasteiger partial charge is 0.436 e. The second kappa shape index (κ2) is 23.4. The van der Waals surface area contributed by atoms with Gasteiger partial charge in [0.15, 0.2) is 11.7 Å². The van der Waals surface area contributed by atoms with Crippen LogP contribution in [0.25, 0.3) is 11.1 Å². The molecule has 64 heavy (non-hydrogen) atoms. The molecule has 4 aliphatic heterocycles. The molecule has 2 atom stereocenters. The van der Waals surface area contributed by atoms with Crippen LogP contribution in [0.3, 0.4) is 0 Å². The van der Waals surface area contributed by atoms with Gasteiger partial charge >= 0.3 is 30.0 Å². The number of amides is 4. The Bertz CT molecular complexity index is 2100. The molecule has 0 radical (unpaired) electrons. The Morgan fingerprint density at radius 2 is 1.56 bits per heavy atom. The van der Waals surface area contributed by atoms with Crippen molar-refractivity contribution in [3.8, 4) is 0 Å². The number of rotatable bonds is 11. The molecule has 3 saturated heterocycles. The van der Waals surface area contributed by atoms with Crippen molar-refractivity contribution in [1.82, 2.24) is 29.5 Å². The molecule has 1 aromatic heterocycles. The van der Waals surface area contributed by atoms with Gasteiger partial charge < -0.3 is 53.2 Å². The molecule has 1 unspecified atom stereocenters. The number of urea groups is 1. The number of anilines is 1. The highest BCUT2D eigenvalue weighted by molar-refractivity contribution is 5.91. The summed E-state index contributed by atoms with van der Waals surface area (Å²) in [5, 5.41) is 3.03. The normalized spacial score (nSPS) is 18.6. The number of piperidine rings is 2. The zero-order valence-corrected chi connectivity index (χ0v) is 37.2. The number of oxazole rings is 1. The number of carbonyl (C=O) groups excluding carboxylic acids is 5. The molecule has 3 aromatic rings. The summed E-state index contributed by atoms with van der Waals surface area (Å²) in [6, 6.07) is 11.4. The number of fused-ring (bicyclic) bond motifs is 2. The first-order chi connectivity index (χ1) is 30.3. The van der Waals surface area contributed by atoms with Crippen molar-refractivity contribution in [1.29, 1.82) is 0 Å². The quantitative estimate of drug-likeness (QED) is 0.137. The summed E-state index contributed by atoms with van der Waals surface area (Å²) in [6.45, 7) is 14.8. The van der Waals surface area contributed by atoms with Crippen molar-refractivity contribution in [2.45, 2.75) is 98.5 Å². The lowest BCUT2D eigenvalue weighted by atomic mass is 9.98. The Balaban J connectivity index is 0.000000311. The summed E-state index contributed by atoms with van der Waals surface area (Å²) in [5.41, 5.74) is 4.55. The van der Waals surface area contributed by atoms with Gasteiger partial charge in [0.1, 0.15) is 0 Å². The van der Waals surface area contributed by atoms with Crippen molar-refractivity contribution in [2.75, 3.05) is 84.4 Å². The highest BCUT2D eigenvalue weighted by Crippen LogP contribution is 2.26. The molecular weight excluding hydrogens is 827 g/mol. The number of aromatic nitrogens is 1. The number of likely N-dealkylation sites (N-methyl/N-ethyl adjacent to an activating group) is 1. The number of esters is 1. The lowest BCUT2D eigenvalue weighted by Crippen LogP contribution is -2.51. The van der Waals surface area contributed by atoms with Crippen LogP contribution in [0.15, 0.2) is 45.6 Å². The number of likely N-dealkylation sites (tertiary alicyclic amines) is 2. The molecule has 18 nitrogen and oxygen atoms in total. The standard InChI is InChI=1S/C32H39N5O6.C13H24N2O5.CH4/c1-20-7-12-35(13-8-20)29(38)27(19-22-17-21(2)28-26(18-22)42-31(40)34-28)43-32(41)36-14-10-24(11-15-36)37-16-9-23-5-3-4-6-25(23)33-30(37)39;1-4-18-13(17)20-11(2)19-12(16)5-6-15-9-7-14(3)8-10-15;/h3-6,17-18,20,24,27H,7-16,19H2,1-2H3,(H,33,39)(H,34,40);11H,4-10H2,1-3H3;1H4/t27-;;/m1../s1. The van der Waals surface area contributed by atoms with Gasteiger partial charge in [0.25, 0.3) is 5.91 Å². The average Bonchev–Trinajstić information content (AvgIpc) is 3.55. The number of H-pyrrole nitrogens is 1. The van der Waals surface area contributed by atoms with Crippen LogP contribution in [0.1, 0.15) is 77.0 Å². The van der Waals surface area contributed by atoms with Crippen LogP contribution in [0.4, 0.5) is 20.1 Å². The zero-order valence-electron chi connectivity index (χ0n) is 37.2. The minimum Gasteiger partial charge on any atom is -0.436 e. The van der Waals surface area contributed by atoms with E-state index < -0.39 is 30.4 Å². The number of hydrogen-bond donors (Lipinski definition) is 2. The molecule has 2 aromatic carbocycles. The van der Waals surface area contributed by atoms with Crippen LogP contribution in [0, 0.1) is 12.8 Å². The molecule has 0 bridgehead atoms. The van der Waals surface area contributed by atoms with Crippen molar-refractivity contribution in [3.63, 3.8) is 0 Å². The molecular formula is C46H67N7O11. The Kier molecular flexibility index (Phi) is 18.0. The molecule has 0 spiro atoms. The number of aryl methyl sites for hydroxylation is 1. The minimum absolute atomic E-state index is 0. The first-order valence-corrected chi connectivity index (χ1v) is 22.2. The molecule has 4 aliphatic rings. The Labute approximate surface area is 375 Å². The van der Waals surface area contributed by atoms with E-state index in [0.29, 0.717) is 75.5 Å². The van der Waals surface area contributed by atoms with Crippen molar-refractivity contribution < 1.29 is 47.3 Å². The van der Waals surface area contributed by atoms with Gasteiger partial charge in [0.2, 0.25) is 6.29 Å². The summed E-state index contributed by atoms with van der Waals surface area (Å²) in [5.74, 6) is -0.569. The van der Waals surface area contributed by atoms with Crippen LogP contribution < -0.4 is 11.1 Å². The number of nitrogens with one attached hydrogen (secondary N) is 2. The lowest BCUT2D eigenvalue weighted by molar-refractivity contribution is -0.168. The second-order valence-corrected chi connectivity index (χ2v) is 16.9. The monoisotopic (exact) mass is 893 g/mol. The molecule has 3 fully saturated rings. The van der Waals surface area contributed by atoms with Gasteiger partial charge in [-0.25, -0.2) is 19.2 Å². The van der Waals surface area contributed by atoms with Gasteiger partial charge in [-0.15, -0.1) is 0 Å². The number of carbonyl (C=O) groups is 5. The summed E-state index contributed by atoms with van der Waals surface area (Å²) >= 11 is 0. The van der Waals surface area contributed by atoms with Crippen molar-refractivity contribution >= 4 is 46.9 Å². The van der Waals surface area contributed by atoms with Crippen molar-refractivity contribution in [3.05, 3.63) is 63.6 Å². The van der Waals surface area contributed by atoms with E-state index in [4.69, 9.17) is 18.6 Å². The predicted octanol–water partition coefficient (Wildman–Crippen LogP) is 5.61. The first-order valence-electron chi connectivity index (χ1n) is 22.2. The summed E-state index contributed by atoms with van der Waals surface area (Å²) in [6.07, 6.45) is 1.04. The van der Waals surface area contributed by atoms with Gasteiger partial charge in [-0.05, 0) is 87.7 Å². The third-order valence-electron chi connectivity index (χ3n) is 12.2. The van der Waals surface area contributed by atoms with E-state index in [9.17, 15) is 28.8 Å². The number of benzene rings is 2. The van der Waals surface area contributed by atoms with Gasteiger partial charge in [0.05, 0.1) is 18.5 Å². The van der Waals surface area contributed by atoms with E-state index in [0.717, 1.165) is 67.8 Å². The maximum Gasteiger partial charge on any atom is 0.511 e. The van der Waals surface area contributed by atoms with Crippen LogP contribution in [-0.4, -0.2) is 157 Å². The Morgan fingerprint density at radius 1 is 0.875 bits per heavy atom. The van der Waals surface area contributed by atoms with Crippen LogP contribution in [0.5, 0.6) is 0 Å². The van der Waals surface area contributed by atoms with Gasteiger partial charge in [-0.1, -0.05) is 38.6 Å². The number of hydrogen-bond acceptors (Lipinski definition) is 13. The van der Waals surface area contributed by atoms with Crippen molar-refractivity contribution in [2.24, 2.45) is 5.92 Å². The highest BCUT2D eigenvalue weighted by atomic mass is 16.8. The van der Waals surface area contributed by atoms with Crippen LogP contribution in [0.2, 0.25) is 0 Å². The molecule has 0 aliphatic carbocycles. The number of aromatic amines is 1. The first kappa shape index (κ1) is 49.4. The second-order valence-electron chi connectivity index (χ2n) is 16.9. The van der Waals surface area contributed by atoms with E-state index in [-0.39, 0.29) is 44.4 Å². The van der Waals surface area contributed by atoms with E-state index in [1.165, 1.54) is 6.92 Å². The van der Waals surface area contributed by atoms with E-state index in [1.807, 2.05) is 42.2 Å². The maximum absolute atomic E-state index is 13.7. The Hall–Kier alpha value is -5.62. The fourth-order valence-corrected chi connectivity index (χ4v) is 8.41. The fourth-order valence-electron chi connectivity index (χ4n) is 8.41. The average molecular weight is 894 g/mol. The molecule has 2 N–H and O–H groups in total. The third-order valence-corrected chi connectivity index (χ3v) is 12.2. The summed E-state index contributed by atoms with van der Waals surface area (Å²) < 4.78 is 25.6.